The van der Waals surface area contributed by atoms with Crippen LogP contribution in [-0.2, 0) is 6.54 Å². The average molecular weight is 332 g/mol. The summed E-state index contributed by atoms with van der Waals surface area (Å²) in [5.41, 5.74) is 1.39. The van der Waals surface area contributed by atoms with Gasteiger partial charge in [-0.05, 0) is 30.8 Å². The number of hydrogen-bond acceptors (Lipinski definition) is 3. The number of nitrogens with zero attached hydrogens (tertiary/aromatic N) is 1. The Balaban J connectivity index is 1.97. The van der Waals surface area contributed by atoms with Crippen LogP contribution in [0.3, 0.4) is 0 Å². The molecule has 0 saturated carbocycles. The summed E-state index contributed by atoms with van der Waals surface area (Å²) in [6.45, 7) is 0.783. The van der Waals surface area contributed by atoms with E-state index in [1.807, 2.05) is 11.9 Å². The molecule has 0 spiro atoms. The molecule has 2 nitrogen and oxygen atoms in total. The van der Waals surface area contributed by atoms with E-state index in [9.17, 15) is 9.18 Å². The highest BCUT2D eigenvalue weighted by molar-refractivity contribution is 7.20. The molecule has 1 aromatic carbocycles. The minimum Gasteiger partial charge on any atom is -0.295 e. The first kappa shape index (κ1) is 15.4. The van der Waals surface area contributed by atoms with E-state index < -0.39 is 0 Å². The lowest BCUT2D eigenvalue weighted by molar-refractivity contribution is 0.0943. The van der Waals surface area contributed by atoms with E-state index in [1.54, 1.807) is 18.2 Å². The first-order valence-corrected chi connectivity index (χ1v) is 7.44. The molecule has 1 heterocycles. The molecule has 2 aromatic rings. The molecule has 0 aliphatic heterocycles. The third-order valence-electron chi connectivity index (χ3n) is 2.74. The fourth-order valence-electron chi connectivity index (χ4n) is 1.82. The number of hydrogen-bond donors (Lipinski definition) is 0. The minimum atomic E-state index is -0.271. The van der Waals surface area contributed by atoms with Crippen LogP contribution in [0.4, 0.5) is 4.39 Å². The second-order valence-corrected chi connectivity index (χ2v) is 6.75. The van der Waals surface area contributed by atoms with Crippen molar-refractivity contribution in [2.24, 2.45) is 0 Å². The molecule has 0 amide bonds. The molecule has 0 unspecified atom stereocenters. The quantitative estimate of drug-likeness (QED) is 0.751. The van der Waals surface area contributed by atoms with Crippen LogP contribution in [0.5, 0.6) is 0 Å². The smallest absolute Gasteiger partial charge is 0.179 e. The van der Waals surface area contributed by atoms with Crippen LogP contribution in [0, 0.1) is 5.82 Å². The number of thiophene rings is 1. The maximum atomic E-state index is 12.8. The largest absolute Gasteiger partial charge is 0.295 e. The molecule has 20 heavy (non-hydrogen) atoms. The zero-order chi connectivity index (χ0) is 14.7. The number of Topliss-reactive ketones (excluding diaryl/α,β-unsaturated/α-hetero) is 1. The Morgan fingerprint density at radius 1 is 1.30 bits per heavy atom. The van der Waals surface area contributed by atoms with Crippen molar-refractivity contribution in [2.45, 2.75) is 6.54 Å². The molecule has 6 heteroatoms. The monoisotopic (exact) mass is 331 g/mol. The summed E-state index contributed by atoms with van der Waals surface area (Å²) < 4.78 is 13.7. The van der Waals surface area contributed by atoms with Gasteiger partial charge in [-0.15, -0.1) is 11.3 Å². The number of halogens is 3. The molecule has 0 saturated heterocycles. The highest BCUT2D eigenvalue weighted by Crippen LogP contribution is 2.31. The molecule has 2 rings (SSSR count). The van der Waals surface area contributed by atoms with Crippen LogP contribution >= 0.6 is 34.5 Å². The van der Waals surface area contributed by atoms with E-state index in [2.05, 4.69) is 0 Å². The van der Waals surface area contributed by atoms with Crippen molar-refractivity contribution in [2.75, 3.05) is 13.6 Å². The number of carbonyl (C=O) groups is 1. The fourth-order valence-corrected chi connectivity index (χ4v) is 3.32. The Hall–Kier alpha value is -0.940. The molecule has 0 fully saturated rings. The lowest BCUT2D eigenvalue weighted by Crippen LogP contribution is -2.25. The third kappa shape index (κ3) is 4.03. The number of carbonyl (C=O) groups excluding carboxylic acids is 1. The molecule has 0 aliphatic rings. The zero-order valence-corrected chi connectivity index (χ0v) is 13.0. The molecule has 106 valence electrons. The van der Waals surface area contributed by atoms with E-state index in [-0.39, 0.29) is 18.1 Å². The summed E-state index contributed by atoms with van der Waals surface area (Å²) >= 11 is 13.0. The number of benzene rings is 1. The molecule has 0 atom stereocenters. The van der Waals surface area contributed by atoms with Crippen LogP contribution in [0.25, 0.3) is 0 Å². The molecule has 1 aromatic heterocycles. The van der Waals surface area contributed by atoms with Gasteiger partial charge in [0.05, 0.1) is 16.4 Å². The highest BCUT2D eigenvalue weighted by Gasteiger charge is 2.16. The van der Waals surface area contributed by atoms with Gasteiger partial charge in [-0.3, -0.25) is 9.69 Å². The van der Waals surface area contributed by atoms with Crippen LogP contribution in [0.1, 0.15) is 15.9 Å². The maximum absolute atomic E-state index is 12.8. The first-order valence-electron chi connectivity index (χ1n) is 5.86. The van der Waals surface area contributed by atoms with Gasteiger partial charge >= 0.3 is 0 Å². The van der Waals surface area contributed by atoms with Gasteiger partial charge in [0.15, 0.2) is 5.78 Å². The average Bonchev–Trinajstić information content (AvgIpc) is 2.71. The highest BCUT2D eigenvalue weighted by atomic mass is 35.5. The normalized spacial score (nSPS) is 11.1. The lowest BCUT2D eigenvalue weighted by atomic mass is 10.2. The second-order valence-electron chi connectivity index (χ2n) is 4.46. The molecule has 0 radical (unpaired) electrons. The Labute approximate surface area is 130 Å². The predicted molar refractivity (Wildman–Crippen MR) is 81.4 cm³/mol. The SMILES string of the molecule is CN(CC(=O)c1cc(Cl)sc1Cl)Cc1ccc(F)cc1. The lowest BCUT2D eigenvalue weighted by Gasteiger charge is -2.15. The molecular formula is C14H12Cl2FNOS. The van der Waals surface area contributed by atoms with Gasteiger partial charge in [-0.2, -0.15) is 0 Å². The molecular weight excluding hydrogens is 320 g/mol. The van der Waals surface area contributed by atoms with Gasteiger partial charge in [0.1, 0.15) is 10.2 Å². The second kappa shape index (κ2) is 6.68. The van der Waals surface area contributed by atoms with Crippen molar-refractivity contribution in [1.82, 2.24) is 4.90 Å². The topological polar surface area (TPSA) is 20.3 Å². The van der Waals surface area contributed by atoms with Crippen molar-refractivity contribution in [1.29, 1.82) is 0 Å². The number of ketones is 1. The van der Waals surface area contributed by atoms with Crippen LogP contribution in [0.15, 0.2) is 30.3 Å². The Bertz CT molecular complexity index is 612. The van der Waals surface area contributed by atoms with E-state index in [1.165, 1.54) is 23.5 Å². The Kier molecular flexibility index (Phi) is 5.16. The van der Waals surface area contributed by atoms with Crippen LogP contribution < -0.4 is 0 Å². The minimum absolute atomic E-state index is 0.0808. The predicted octanol–water partition coefficient (Wildman–Crippen LogP) is 4.51. The van der Waals surface area contributed by atoms with E-state index in [0.717, 1.165) is 5.56 Å². The van der Waals surface area contributed by atoms with Gasteiger partial charge in [0.25, 0.3) is 0 Å². The first-order chi connectivity index (χ1) is 9.45. The Morgan fingerprint density at radius 2 is 1.95 bits per heavy atom. The summed E-state index contributed by atoms with van der Waals surface area (Å²) in [5, 5.41) is 0. The summed E-state index contributed by atoms with van der Waals surface area (Å²) in [5.74, 6) is -0.352. The third-order valence-corrected chi connectivity index (χ3v) is 4.22. The van der Waals surface area contributed by atoms with Crippen molar-refractivity contribution in [3.63, 3.8) is 0 Å². The van der Waals surface area contributed by atoms with E-state index in [0.29, 0.717) is 20.8 Å². The van der Waals surface area contributed by atoms with Crippen molar-refractivity contribution >= 4 is 40.3 Å². The maximum Gasteiger partial charge on any atom is 0.179 e. The summed E-state index contributed by atoms with van der Waals surface area (Å²) in [7, 11) is 1.82. The van der Waals surface area contributed by atoms with Gasteiger partial charge < -0.3 is 0 Å². The number of likely N-dealkylation sites (N-methyl/N-ethyl adjacent to an activating group) is 1. The van der Waals surface area contributed by atoms with Gasteiger partial charge in [-0.25, -0.2) is 4.39 Å². The van der Waals surface area contributed by atoms with Crippen molar-refractivity contribution in [3.05, 3.63) is 55.9 Å². The summed E-state index contributed by atoms with van der Waals surface area (Å²) in [4.78, 5) is 13.9. The van der Waals surface area contributed by atoms with Crippen LogP contribution in [-0.4, -0.2) is 24.3 Å². The number of rotatable bonds is 5. The summed E-state index contributed by atoms with van der Waals surface area (Å²) in [6.07, 6.45) is 0. The van der Waals surface area contributed by atoms with E-state index in [4.69, 9.17) is 23.2 Å². The van der Waals surface area contributed by atoms with Gasteiger partial charge in [0, 0.05) is 6.54 Å². The molecule has 0 N–H and O–H groups in total. The van der Waals surface area contributed by atoms with Crippen molar-refractivity contribution < 1.29 is 9.18 Å². The van der Waals surface area contributed by atoms with E-state index >= 15 is 0 Å². The molecule has 0 bridgehead atoms. The molecule has 0 aliphatic carbocycles. The Morgan fingerprint density at radius 3 is 2.50 bits per heavy atom. The fraction of sp³-hybridized carbons (Fsp3) is 0.214. The van der Waals surface area contributed by atoms with Gasteiger partial charge in [-0.1, -0.05) is 35.3 Å². The zero-order valence-electron chi connectivity index (χ0n) is 10.7. The standard InChI is InChI=1S/C14H12Cl2FNOS/c1-18(7-9-2-4-10(17)5-3-9)8-12(19)11-6-13(15)20-14(11)16/h2-6H,7-8H2,1H3. The van der Waals surface area contributed by atoms with Gasteiger partial charge in [0.2, 0.25) is 0 Å². The van der Waals surface area contributed by atoms with Crippen LogP contribution in [0.2, 0.25) is 8.67 Å². The van der Waals surface area contributed by atoms with Crippen molar-refractivity contribution in [3.8, 4) is 0 Å². The summed E-state index contributed by atoms with van der Waals surface area (Å²) in [6, 6.07) is 7.79.